The number of ether oxygens (including phenoxy) is 1. The molecule has 2 aromatic heterocycles. The second kappa shape index (κ2) is 7.33. The second-order valence-corrected chi connectivity index (χ2v) is 6.21. The Labute approximate surface area is 157 Å². The van der Waals surface area contributed by atoms with Crippen LogP contribution in [0.15, 0.2) is 79.0 Å². The van der Waals surface area contributed by atoms with E-state index in [1.165, 1.54) is 0 Å². The third-order valence-corrected chi connectivity index (χ3v) is 4.47. The average molecular weight is 357 g/mol. The van der Waals surface area contributed by atoms with Crippen LogP contribution in [0.1, 0.15) is 27.8 Å². The summed E-state index contributed by atoms with van der Waals surface area (Å²) in [5, 5.41) is 4.05. The van der Waals surface area contributed by atoms with Crippen LogP contribution in [0, 0.1) is 0 Å². The minimum atomic E-state index is -0.333. The molecule has 0 saturated carbocycles. The van der Waals surface area contributed by atoms with Crippen LogP contribution in [0.25, 0.3) is 10.9 Å². The number of nitrogens with one attached hydrogen (secondary N) is 2. The minimum absolute atomic E-state index is 0.190. The molecule has 4 aromatic rings. The van der Waals surface area contributed by atoms with Gasteiger partial charge in [-0.05, 0) is 35.9 Å². The molecule has 1 amide bonds. The fourth-order valence-corrected chi connectivity index (χ4v) is 3.08. The number of amides is 1. The highest BCUT2D eigenvalue weighted by molar-refractivity contribution is 5.98. The van der Waals surface area contributed by atoms with Crippen LogP contribution >= 0.6 is 0 Å². The van der Waals surface area contributed by atoms with E-state index in [2.05, 4.69) is 15.3 Å². The van der Waals surface area contributed by atoms with Crippen molar-refractivity contribution in [2.24, 2.45) is 0 Å². The summed E-state index contributed by atoms with van der Waals surface area (Å²) in [6.07, 6.45) is 1.73. The monoisotopic (exact) mass is 357 g/mol. The van der Waals surface area contributed by atoms with Crippen LogP contribution in [0.3, 0.4) is 0 Å². The fourth-order valence-electron chi connectivity index (χ4n) is 3.08. The topological polar surface area (TPSA) is 67.0 Å². The first-order valence-corrected chi connectivity index (χ1v) is 8.68. The van der Waals surface area contributed by atoms with Crippen LogP contribution < -0.4 is 10.1 Å². The number of nitrogens with zero attached hydrogens (tertiary/aromatic N) is 1. The van der Waals surface area contributed by atoms with Crippen molar-refractivity contribution in [2.75, 3.05) is 7.11 Å². The third-order valence-electron chi connectivity index (χ3n) is 4.47. The number of hydrogen-bond acceptors (Lipinski definition) is 3. The summed E-state index contributed by atoms with van der Waals surface area (Å²) in [5.41, 5.74) is 3.11. The number of H-pyrrole nitrogens is 1. The first-order valence-electron chi connectivity index (χ1n) is 8.68. The number of pyridine rings is 1. The van der Waals surface area contributed by atoms with Crippen molar-refractivity contribution in [1.29, 1.82) is 0 Å². The van der Waals surface area contributed by atoms with Gasteiger partial charge in [-0.1, -0.05) is 36.4 Å². The maximum absolute atomic E-state index is 12.9. The third kappa shape index (κ3) is 3.53. The molecular formula is C22H19N3O2. The molecular weight excluding hydrogens is 338 g/mol. The summed E-state index contributed by atoms with van der Waals surface area (Å²) in [4.78, 5) is 20.5. The van der Waals surface area contributed by atoms with E-state index < -0.39 is 0 Å². The molecule has 0 spiro atoms. The quantitative estimate of drug-likeness (QED) is 0.565. The van der Waals surface area contributed by atoms with Crippen molar-refractivity contribution >= 4 is 16.8 Å². The molecule has 5 nitrogen and oxygen atoms in total. The van der Waals surface area contributed by atoms with Crippen LogP contribution in [0.2, 0.25) is 0 Å². The van der Waals surface area contributed by atoms with E-state index in [1.54, 1.807) is 13.3 Å². The largest absolute Gasteiger partial charge is 0.497 e. The molecule has 4 rings (SSSR count). The molecule has 5 heteroatoms. The van der Waals surface area contributed by atoms with Gasteiger partial charge in [-0.3, -0.25) is 9.78 Å². The lowest BCUT2D eigenvalue weighted by molar-refractivity contribution is 0.0938. The predicted molar refractivity (Wildman–Crippen MR) is 105 cm³/mol. The van der Waals surface area contributed by atoms with Crippen molar-refractivity contribution in [1.82, 2.24) is 15.3 Å². The Morgan fingerprint density at radius 3 is 2.59 bits per heavy atom. The average Bonchev–Trinajstić information content (AvgIpc) is 3.16. The van der Waals surface area contributed by atoms with Gasteiger partial charge >= 0.3 is 0 Å². The molecule has 134 valence electrons. The Morgan fingerprint density at radius 2 is 1.85 bits per heavy atom. The van der Waals surface area contributed by atoms with Gasteiger partial charge in [0.2, 0.25) is 0 Å². The molecule has 0 saturated heterocycles. The summed E-state index contributed by atoms with van der Waals surface area (Å²) in [7, 11) is 1.62. The lowest BCUT2D eigenvalue weighted by Crippen LogP contribution is -2.30. The lowest BCUT2D eigenvalue weighted by Gasteiger charge is -2.18. The number of aromatic nitrogens is 2. The van der Waals surface area contributed by atoms with Crippen LogP contribution in [-0.4, -0.2) is 23.0 Å². The zero-order chi connectivity index (χ0) is 18.6. The Kier molecular flexibility index (Phi) is 4.58. The number of hydrogen-bond donors (Lipinski definition) is 2. The normalized spacial score (nSPS) is 11.9. The summed E-state index contributed by atoms with van der Waals surface area (Å²) in [5.74, 6) is 0.552. The van der Waals surface area contributed by atoms with Crippen molar-refractivity contribution < 1.29 is 9.53 Å². The van der Waals surface area contributed by atoms with Crippen molar-refractivity contribution in [2.45, 2.75) is 6.04 Å². The van der Waals surface area contributed by atoms with Gasteiger partial charge < -0.3 is 15.0 Å². The molecule has 0 aliphatic rings. The van der Waals surface area contributed by atoms with Gasteiger partial charge in [0.05, 0.1) is 18.8 Å². The van der Waals surface area contributed by atoms with Crippen LogP contribution in [0.4, 0.5) is 0 Å². The van der Waals surface area contributed by atoms with E-state index in [4.69, 9.17) is 4.74 Å². The highest BCUT2D eigenvalue weighted by Gasteiger charge is 2.20. The molecule has 1 atom stereocenters. The standard InChI is InChI=1S/C22H19N3O2/c1-27-17-11-10-16-13-20(24-19(16)14-17)22(26)25-21(15-7-3-2-4-8-15)18-9-5-6-12-23-18/h2-14,21,24H,1H3,(H,25,26). The summed E-state index contributed by atoms with van der Waals surface area (Å²) >= 11 is 0. The summed E-state index contributed by atoms with van der Waals surface area (Å²) in [6, 6.07) is 22.7. The van der Waals surface area contributed by atoms with Gasteiger partial charge in [-0.2, -0.15) is 0 Å². The number of aromatic amines is 1. The SMILES string of the molecule is COc1ccc2cc(C(=O)NC(c3ccccc3)c3ccccn3)[nH]c2c1. The number of benzene rings is 2. The molecule has 2 N–H and O–H groups in total. The molecule has 27 heavy (non-hydrogen) atoms. The molecule has 2 aromatic carbocycles. The molecule has 2 heterocycles. The highest BCUT2D eigenvalue weighted by Crippen LogP contribution is 2.23. The maximum Gasteiger partial charge on any atom is 0.268 e. The number of methoxy groups -OCH3 is 1. The van der Waals surface area contributed by atoms with Gasteiger partial charge in [0.25, 0.3) is 5.91 Å². The van der Waals surface area contributed by atoms with Crippen molar-refractivity contribution in [3.05, 3.63) is 95.9 Å². The van der Waals surface area contributed by atoms with E-state index in [9.17, 15) is 4.79 Å². The molecule has 0 aliphatic carbocycles. The summed E-state index contributed by atoms with van der Waals surface area (Å²) < 4.78 is 5.24. The molecule has 0 bridgehead atoms. The summed E-state index contributed by atoms with van der Waals surface area (Å²) in [6.45, 7) is 0. The lowest BCUT2D eigenvalue weighted by atomic mass is 10.0. The molecule has 0 fully saturated rings. The number of fused-ring (bicyclic) bond motifs is 1. The smallest absolute Gasteiger partial charge is 0.268 e. The zero-order valence-corrected chi connectivity index (χ0v) is 14.8. The molecule has 1 unspecified atom stereocenters. The van der Waals surface area contributed by atoms with Gasteiger partial charge in [-0.25, -0.2) is 0 Å². The first-order chi connectivity index (χ1) is 13.2. The zero-order valence-electron chi connectivity index (χ0n) is 14.8. The Morgan fingerprint density at radius 1 is 1.04 bits per heavy atom. The van der Waals surface area contributed by atoms with Gasteiger partial charge in [0.15, 0.2) is 0 Å². The molecule has 0 aliphatic heterocycles. The van der Waals surface area contributed by atoms with Gasteiger partial charge in [0, 0.05) is 23.2 Å². The van der Waals surface area contributed by atoms with Gasteiger partial charge in [0.1, 0.15) is 11.4 Å². The number of carbonyl (C=O) groups excluding carboxylic acids is 1. The van der Waals surface area contributed by atoms with Crippen LogP contribution in [-0.2, 0) is 0 Å². The Balaban J connectivity index is 1.66. The molecule has 0 radical (unpaired) electrons. The fraction of sp³-hybridized carbons (Fsp3) is 0.0909. The van der Waals surface area contributed by atoms with E-state index in [1.807, 2.05) is 72.8 Å². The second-order valence-electron chi connectivity index (χ2n) is 6.21. The Bertz CT molecular complexity index is 1020. The van der Waals surface area contributed by atoms with Gasteiger partial charge in [-0.15, -0.1) is 0 Å². The number of carbonyl (C=O) groups is 1. The van der Waals surface area contributed by atoms with E-state index in [0.29, 0.717) is 5.69 Å². The maximum atomic E-state index is 12.9. The van der Waals surface area contributed by atoms with E-state index in [-0.39, 0.29) is 11.9 Å². The van der Waals surface area contributed by atoms with Crippen molar-refractivity contribution in [3.8, 4) is 5.75 Å². The highest BCUT2D eigenvalue weighted by atomic mass is 16.5. The van der Waals surface area contributed by atoms with E-state index >= 15 is 0 Å². The van der Waals surface area contributed by atoms with E-state index in [0.717, 1.165) is 27.9 Å². The number of rotatable bonds is 5. The first kappa shape index (κ1) is 16.8. The minimum Gasteiger partial charge on any atom is -0.497 e. The van der Waals surface area contributed by atoms with Crippen molar-refractivity contribution in [3.63, 3.8) is 0 Å². The predicted octanol–water partition coefficient (Wildman–Crippen LogP) is 4.09. The Hall–Kier alpha value is -3.60. The van der Waals surface area contributed by atoms with Crippen LogP contribution in [0.5, 0.6) is 5.75 Å².